The van der Waals surface area contributed by atoms with Gasteiger partial charge in [0, 0.05) is 26.1 Å². The van der Waals surface area contributed by atoms with E-state index in [-0.39, 0.29) is 24.5 Å². The number of unbranched alkanes of at least 4 members (excludes halogenated alkanes) is 1. The maximum absolute atomic E-state index is 12.3. The van der Waals surface area contributed by atoms with Crippen LogP contribution in [0.1, 0.15) is 31.7 Å². The van der Waals surface area contributed by atoms with E-state index in [0.29, 0.717) is 25.3 Å². The van der Waals surface area contributed by atoms with Crippen molar-refractivity contribution in [3.63, 3.8) is 0 Å². The minimum absolute atomic E-state index is 0.0602. The monoisotopic (exact) mass is 318 g/mol. The summed E-state index contributed by atoms with van der Waals surface area (Å²) in [6.07, 6.45) is 2.35. The smallest absolute Gasteiger partial charge is 0.231 e. The lowest BCUT2D eigenvalue weighted by Crippen LogP contribution is -2.32. The fraction of sp³-hybridized carbons (Fsp3) is 0.529. The maximum atomic E-state index is 12.3. The lowest BCUT2D eigenvalue weighted by Gasteiger charge is -2.16. The van der Waals surface area contributed by atoms with E-state index >= 15 is 0 Å². The summed E-state index contributed by atoms with van der Waals surface area (Å²) in [6.45, 7) is 4.04. The second kappa shape index (κ2) is 6.89. The molecule has 2 aliphatic rings. The lowest BCUT2D eigenvalue weighted by molar-refractivity contribution is -0.129. The third-order valence-corrected chi connectivity index (χ3v) is 4.27. The molecule has 6 nitrogen and oxygen atoms in total. The van der Waals surface area contributed by atoms with Crippen LogP contribution in [-0.4, -0.2) is 36.6 Å². The summed E-state index contributed by atoms with van der Waals surface area (Å²) in [6, 6.07) is 5.62. The third-order valence-electron chi connectivity index (χ3n) is 4.27. The Balaban J connectivity index is 1.51. The van der Waals surface area contributed by atoms with Crippen LogP contribution in [0.5, 0.6) is 11.5 Å². The molecule has 0 unspecified atom stereocenters. The zero-order valence-electron chi connectivity index (χ0n) is 13.3. The number of likely N-dealkylation sites (tertiary alicyclic amines) is 1. The molecule has 1 N–H and O–H groups in total. The summed E-state index contributed by atoms with van der Waals surface area (Å²) in [5, 5.41) is 2.92. The number of benzene rings is 1. The number of fused-ring (bicyclic) bond motifs is 1. The van der Waals surface area contributed by atoms with Crippen LogP contribution >= 0.6 is 0 Å². The van der Waals surface area contributed by atoms with Crippen LogP contribution in [0.15, 0.2) is 18.2 Å². The third kappa shape index (κ3) is 3.57. The number of amides is 2. The van der Waals surface area contributed by atoms with Crippen molar-refractivity contribution < 1.29 is 19.1 Å². The van der Waals surface area contributed by atoms with Gasteiger partial charge in [0.05, 0.1) is 5.92 Å². The van der Waals surface area contributed by atoms with E-state index in [1.807, 2.05) is 18.2 Å². The van der Waals surface area contributed by atoms with E-state index in [4.69, 9.17) is 9.47 Å². The van der Waals surface area contributed by atoms with E-state index in [2.05, 4.69) is 12.2 Å². The Kier molecular flexibility index (Phi) is 4.69. The Bertz CT molecular complexity index is 602. The highest BCUT2D eigenvalue weighted by atomic mass is 16.7. The Morgan fingerprint density at radius 1 is 1.35 bits per heavy atom. The predicted molar refractivity (Wildman–Crippen MR) is 84.0 cm³/mol. The number of nitrogens with zero attached hydrogens (tertiary/aromatic N) is 1. The minimum atomic E-state index is -0.242. The van der Waals surface area contributed by atoms with Gasteiger partial charge in [-0.3, -0.25) is 9.59 Å². The van der Waals surface area contributed by atoms with E-state index in [0.717, 1.165) is 30.7 Å². The molecule has 23 heavy (non-hydrogen) atoms. The molecule has 2 aliphatic heterocycles. The molecule has 1 aromatic rings. The van der Waals surface area contributed by atoms with Crippen LogP contribution in [0, 0.1) is 5.92 Å². The Labute approximate surface area is 135 Å². The van der Waals surface area contributed by atoms with Crippen molar-refractivity contribution in [1.82, 2.24) is 10.2 Å². The van der Waals surface area contributed by atoms with Crippen molar-refractivity contribution in [2.75, 3.05) is 19.9 Å². The summed E-state index contributed by atoms with van der Waals surface area (Å²) < 4.78 is 10.6. The zero-order chi connectivity index (χ0) is 16.2. The molecule has 1 fully saturated rings. The van der Waals surface area contributed by atoms with Crippen LogP contribution in [0.25, 0.3) is 0 Å². The lowest BCUT2D eigenvalue weighted by atomic mass is 10.1. The minimum Gasteiger partial charge on any atom is -0.454 e. The quantitative estimate of drug-likeness (QED) is 0.866. The second-order valence-corrected chi connectivity index (χ2v) is 6.00. The fourth-order valence-electron chi connectivity index (χ4n) is 2.90. The number of hydrogen-bond acceptors (Lipinski definition) is 4. The summed E-state index contributed by atoms with van der Waals surface area (Å²) in [5.74, 6) is 1.22. The highest BCUT2D eigenvalue weighted by Crippen LogP contribution is 2.32. The van der Waals surface area contributed by atoms with Gasteiger partial charge in [0.15, 0.2) is 11.5 Å². The Hall–Kier alpha value is -2.24. The number of carbonyl (C=O) groups excluding carboxylic acids is 2. The highest BCUT2D eigenvalue weighted by Gasteiger charge is 2.33. The average Bonchev–Trinajstić information content (AvgIpc) is 3.16. The maximum Gasteiger partial charge on any atom is 0.231 e. The molecule has 1 saturated heterocycles. The van der Waals surface area contributed by atoms with Crippen LogP contribution in [0.2, 0.25) is 0 Å². The number of carbonyl (C=O) groups is 2. The first kappa shape index (κ1) is 15.6. The normalized spacial score (nSPS) is 19.3. The van der Waals surface area contributed by atoms with Gasteiger partial charge in [-0.25, -0.2) is 0 Å². The first-order chi connectivity index (χ1) is 11.2. The molecule has 0 bridgehead atoms. The molecule has 3 rings (SSSR count). The van der Waals surface area contributed by atoms with Crippen molar-refractivity contribution in [1.29, 1.82) is 0 Å². The standard InChI is InChI=1S/C17H22N2O4/c1-2-3-6-19-10-13(8-16(19)20)17(21)18-9-12-4-5-14-15(7-12)23-11-22-14/h4-5,7,13H,2-3,6,8-11H2,1H3,(H,18,21)/t13-/m0/s1. The van der Waals surface area contributed by atoms with Gasteiger partial charge >= 0.3 is 0 Å². The van der Waals surface area contributed by atoms with Crippen molar-refractivity contribution in [3.05, 3.63) is 23.8 Å². The fourth-order valence-corrected chi connectivity index (χ4v) is 2.90. The number of hydrogen-bond donors (Lipinski definition) is 1. The molecule has 1 aromatic carbocycles. The summed E-state index contributed by atoms with van der Waals surface area (Å²) >= 11 is 0. The summed E-state index contributed by atoms with van der Waals surface area (Å²) in [5.41, 5.74) is 0.953. The summed E-state index contributed by atoms with van der Waals surface area (Å²) in [4.78, 5) is 26.0. The van der Waals surface area contributed by atoms with Gasteiger partial charge in [-0.2, -0.15) is 0 Å². The van der Waals surface area contributed by atoms with E-state index in [1.165, 1.54) is 0 Å². The molecular formula is C17H22N2O4. The van der Waals surface area contributed by atoms with Crippen LogP contribution in [0.4, 0.5) is 0 Å². The topological polar surface area (TPSA) is 67.9 Å². The van der Waals surface area contributed by atoms with E-state index in [9.17, 15) is 9.59 Å². The van der Waals surface area contributed by atoms with Gasteiger partial charge in [-0.15, -0.1) is 0 Å². The predicted octanol–water partition coefficient (Wildman–Crippen LogP) is 1.68. The Morgan fingerprint density at radius 2 is 2.17 bits per heavy atom. The Morgan fingerprint density at radius 3 is 3.00 bits per heavy atom. The molecule has 0 saturated carbocycles. The number of rotatable bonds is 6. The van der Waals surface area contributed by atoms with Crippen molar-refractivity contribution in [3.8, 4) is 11.5 Å². The molecule has 1 atom stereocenters. The molecule has 0 aliphatic carbocycles. The molecule has 2 heterocycles. The van der Waals surface area contributed by atoms with Gasteiger partial charge in [-0.1, -0.05) is 19.4 Å². The van der Waals surface area contributed by atoms with Gasteiger partial charge in [0.1, 0.15) is 0 Å². The highest BCUT2D eigenvalue weighted by molar-refractivity contribution is 5.89. The van der Waals surface area contributed by atoms with Gasteiger partial charge < -0.3 is 19.7 Å². The molecule has 124 valence electrons. The van der Waals surface area contributed by atoms with Crippen LogP contribution < -0.4 is 14.8 Å². The van der Waals surface area contributed by atoms with Gasteiger partial charge in [-0.05, 0) is 24.1 Å². The van der Waals surface area contributed by atoms with E-state index < -0.39 is 0 Å². The van der Waals surface area contributed by atoms with Crippen LogP contribution in [0.3, 0.4) is 0 Å². The molecule has 2 amide bonds. The van der Waals surface area contributed by atoms with E-state index in [1.54, 1.807) is 4.90 Å². The molecule has 0 spiro atoms. The van der Waals surface area contributed by atoms with Gasteiger partial charge in [0.2, 0.25) is 18.6 Å². The SMILES string of the molecule is CCCCN1C[C@@H](C(=O)NCc2ccc3c(c2)OCO3)CC1=O. The van der Waals surface area contributed by atoms with Gasteiger partial charge in [0.25, 0.3) is 0 Å². The van der Waals surface area contributed by atoms with Crippen molar-refractivity contribution in [2.24, 2.45) is 5.92 Å². The largest absolute Gasteiger partial charge is 0.454 e. The molecule has 0 aromatic heterocycles. The van der Waals surface area contributed by atoms with Crippen molar-refractivity contribution >= 4 is 11.8 Å². The molecule has 0 radical (unpaired) electrons. The zero-order valence-corrected chi connectivity index (χ0v) is 13.3. The second-order valence-electron chi connectivity index (χ2n) is 6.00. The molecular weight excluding hydrogens is 296 g/mol. The average molecular weight is 318 g/mol. The first-order valence-electron chi connectivity index (χ1n) is 8.11. The molecule has 6 heteroatoms. The van der Waals surface area contributed by atoms with Crippen LogP contribution in [-0.2, 0) is 16.1 Å². The summed E-state index contributed by atoms with van der Waals surface area (Å²) in [7, 11) is 0. The number of nitrogens with one attached hydrogen (secondary N) is 1. The number of ether oxygens (including phenoxy) is 2. The first-order valence-corrected chi connectivity index (χ1v) is 8.11. The van der Waals surface area contributed by atoms with Crippen molar-refractivity contribution in [2.45, 2.75) is 32.7 Å².